The fraction of sp³-hybridized carbons (Fsp3) is 0.0625. The summed E-state index contributed by atoms with van der Waals surface area (Å²) in [5.41, 5.74) is 2.95. The van der Waals surface area contributed by atoms with Crippen LogP contribution in [0, 0.1) is 6.92 Å². The molecule has 0 saturated heterocycles. The topological polar surface area (TPSA) is 29.1 Å². The van der Waals surface area contributed by atoms with Gasteiger partial charge in [-0.2, -0.15) is 0 Å². The summed E-state index contributed by atoms with van der Waals surface area (Å²) in [7, 11) is 0. The molecular weight excluding hydrogens is 382 g/mol. The first-order valence-corrected chi connectivity index (χ1v) is 7.64. The average Bonchev–Trinajstić information content (AvgIpc) is 2.42. The van der Waals surface area contributed by atoms with Crippen LogP contribution in [0.25, 0.3) is 6.08 Å². The molecule has 0 radical (unpaired) electrons. The van der Waals surface area contributed by atoms with Gasteiger partial charge in [0.2, 0.25) is 5.91 Å². The third-order valence-electron chi connectivity index (χ3n) is 2.69. The first-order valence-electron chi connectivity index (χ1n) is 6.05. The molecule has 0 aromatic heterocycles. The third kappa shape index (κ3) is 4.32. The van der Waals surface area contributed by atoms with Crippen LogP contribution in [0.1, 0.15) is 11.1 Å². The number of benzene rings is 2. The Morgan fingerprint density at radius 3 is 2.40 bits per heavy atom. The molecule has 20 heavy (non-hydrogen) atoms. The molecule has 0 saturated carbocycles. The Morgan fingerprint density at radius 1 is 1.05 bits per heavy atom. The Kier molecular flexibility index (Phi) is 5.15. The normalized spacial score (nSPS) is 10.8. The molecular formula is C16H13Br2NO. The van der Waals surface area contributed by atoms with Crippen LogP contribution in [0.3, 0.4) is 0 Å². The number of hydrogen-bond donors (Lipinski definition) is 1. The van der Waals surface area contributed by atoms with Crippen molar-refractivity contribution >= 4 is 49.5 Å². The van der Waals surface area contributed by atoms with Crippen LogP contribution in [0.4, 0.5) is 5.69 Å². The maximum Gasteiger partial charge on any atom is 0.248 e. The van der Waals surface area contributed by atoms with Crippen molar-refractivity contribution in [3.8, 4) is 0 Å². The van der Waals surface area contributed by atoms with E-state index in [0.29, 0.717) is 0 Å². The first-order chi connectivity index (χ1) is 9.54. The van der Waals surface area contributed by atoms with E-state index >= 15 is 0 Å². The molecule has 0 unspecified atom stereocenters. The minimum Gasteiger partial charge on any atom is -0.322 e. The molecule has 0 bridgehead atoms. The van der Waals surface area contributed by atoms with E-state index in [-0.39, 0.29) is 5.91 Å². The summed E-state index contributed by atoms with van der Waals surface area (Å²) in [6.07, 6.45) is 3.32. The molecule has 1 N–H and O–H groups in total. The van der Waals surface area contributed by atoms with Gasteiger partial charge < -0.3 is 5.32 Å². The SMILES string of the molecule is Cc1ccc(C=CC(=O)Nc2ccc(Br)c(Br)c2)cc1. The standard InChI is InChI=1S/C16H13Br2NO/c1-11-2-4-12(5-3-11)6-9-16(20)19-13-7-8-14(17)15(18)10-13/h2-10H,1H3,(H,19,20). The van der Waals surface area contributed by atoms with E-state index in [0.717, 1.165) is 20.2 Å². The smallest absolute Gasteiger partial charge is 0.248 e. The Bertz CT molecular complexity index is 648. The molecule has 0 heterocycles. The number of aryl methyl sites for hydroxylation is 1. The van der Waals surface area contributed by atoms with Crippen molar-refractivity contribution in [1.29, 1.82) is 0 Å². The van der Waals surface area contributed by atoms with Gasteiger partial charge in [-0.1, -0.05) is 29.8 Å². The van der Waals surface area contributed by atoms with Crippen LogP contribution in [0.5, 0.6) is 0 Å². The monoisotopic (exact) mass is 393 g/mol. The Balaban J connectivity index is 2.01. The van der Waals surface area contributed by atoms with Crippen molar-refractivity contribution in [3.05, 3.63) is 68.6 Å². The van der Waals surface area contributed by atoms with Gasteiger partial charge in [0.15, 0.2) is 0 Å². The van der Waals surface area contributed by atoms with Gasteiger partial charge in [-0.05, 0) is 68.6 Å². The number of anilines is 1. The lowest BCUT2D eigenvalue weighted by atomic mass is 10.1. The number of rotatable bonds is 3. The quantitative estimate of drug-likeness (QED) is 0.714. The van der Waals surface area contributed by atoms with Crippen molar-refractivity contribution in [2.75, 3.05) is 5.32 Å². The first kappa shape index (κ1) is 15.0. The van der Waals surface area contributed by atoms with Crippen molar-refractivity contribution in [2.45, 2.75) is 6.92 Å². The molecule has 102 valence electrons. The zero-order chi connectivity index (χ0) is 14.5. The molecule has 2 aromatic carbocycles. The van der Waals surface area contributed by atoms with E-state index in [1.807, 2.05) is 49.4 Å². The zero-order valence-corrected chi connectivity index (χ0v) is 14.0. The predicted molar refractivity (Wildman–Crippen MR) is 90.7 cm³/mol. The van der Waals surface area contributed by atoms with Crippen LogP contribution in [-0.4, -0.2) is 5.91 Å². The second-order valence-electron chi connectivity index (χ2n) is 4.36. The summed E-state index contributed by atoms with van der Waals surface area (Å²) in [4.78, 5) is 11.8. The number of nitrogens with one attached hydrogen (secondary N) is 1. The molecule has 2 nitrogen and oxygen atoms in total. The highest BCUT2D eigenvalue weighted by Crippen LogP contribution is 2.25. The fourth-order valence-corrected chi connectivity index (χ4v) is 2.23. The van der Waals surface area contributed by atoms with Crippen LogP contribution in [0.15, 0.2) is 57.5 Å². The molecule has 0 aliphatic heterocycles. The molecule has 4 heteroatoms. The van der Waals surface area contributed by atoms with Gasteiger partial charge in [0.1, 0.15) is 0 Å². The highest BCUT2D eigenvalue weighted by atomic mass is 79.9. The van der Waals surface area contributed by atoms with E-state index in [4.69, 9.17) is 0 Å². The van der Waals surface area contributed by atoms with Crippen molar-refractivity contribution in [3.63, 3.8) is 0 Å². The summed E-state index contributed by atoms with van der Waals surface area (Å²) < 4.78 is 1.85. The summed E-state index contributed by atoms with van der Waals surface area (Å²) in [5, 5.41) is 2.82. The molecule has 2 rings (SSSR count). The largest absolute Gasteiger partial charge is 0.322 e. The van der Waals surface area contributed by atoms with E-state index in [2.05, 4.69) is 37.2 Å². The van der Waals surface area contributed by atoms with Gasteiger partial charge in [0.25, 0.3) is 0 Å². The molecule has 0 spiro atoms. The van der Waals surface area contributed by atoms with Crippen LogP contribution >= 0.6 is 31.9 Å². The maximum absolute atomic E-state index is 11.8. The molecule has 1 amide bonds. The lowest BCUT2D eigenvalue weighted by Gasteiger charge is -2.04. The second kappa shape index (κ2) is 6.86. The highest BCUT2D eigenvalue weighted by Gasteiger charge is 2.01. The molecule has 0 fully saturated rings. The fourth-order valence-electron chi connectivity index (χ4n) is 1.61. The highest BCUT2D eigenvalue weighted by molar-refractivity contribution is 9.13. The minimum atomic E-state index is -0.153. The average molecular weight is 395 g/mol. The minimum absolute atomic E-state index is 0.153. The molecule has 0 atom stereocenters. The van der Waals surface area contributed by atoms with Gasteiger partial charge in [0, 0.05) is 20.7 Å². The number of amides is 1. The van der Waals surface area contributed by atoms with E-state index in [1.165, 1.54) is 11.6 Å². The summed E-state index contributed by atoms with van der Waals surface area (Å²) >= 11 is 6.79. The van der Waals surface area contributed by atoms with Gasteiger partial charge in [0.05, 0.1) is 0 Å². The van der Waals surface area contributed by atoms with Gasteiger partial charge >= 0.3 is 0 Å². The number of hydrogen-bond acceptors (Lipinski definition) is 1. The summed E-state index contributed by atoms with van der Waals surface area (Å²) in [5.74, 6) is -0.153. The Morgan fingerprint density at radius 2 is 1.75 bits per heavy atom. The van der Waals surface area contributed by atoms with Gasteiger partial charge in [-0.25, -0.2) is 0 Å². The molecule has 0 aliphatic carbocycles. The number of carbonyl (C=O) groups is 1. The molecule has 2 aromatic rings. The third-order valence-corrected chi connectivity index (χ3v) is 4.57. The van der Waals surface area contributed by atoms with E-state index in [1.54, 1.807) is 6.08 Å². The summed E-state index contributed by atoms with van der Waals surface area (Å²) in [6, 6.07) is 13.6. The lowest BCUT2D eigenvalue weighted by molar-refractivity contribution is -0.111. The predicted octanol–water partition coefficient (Wildman–Crippen LogP) is 5.17. The van der Waals surface area contributed by atoms with Gasteiger partial charge in [-0.15, -0.1) is 0 Å². The molecule has 0 aliphatic rings. The summed E-state index contributed by atoms with van der Waals surface area (Å²) in [6.45, 7) is 2.03. The Labute approximate surface area is 135 Å². The van der Waals surface area contributed by atoms with Crippen molar-refractivity contribution in [1.82, 2.24) is 0 Å². The van der Waals surface area contributed by atoms with Crippen LogP contribution < -0.4 is 5.32 Å². The second-order valence-corrected chi connectivity index (χ2v) is 6.07. The lowest BCUT2D eigenvalue weighted by Crippen LogP contribution is -2.07. The van der Waals surface area contributed by atoms with E-state index < -0.39 is 0 Å². The van der Waals surface area contributed by atoms with E-state index in [9.17, 15) is 4.79 Å². The number of halogens is 2. The van der Waals surface area contributed by atoms with Crippen molar-refractivity contribution in [2.24, 2.45) is 0 Å². The maximum atomic E-state index is 11.8. The van der Waals surface area contributed by atoms with Crippen LogP contribution in [-0.2, 0) is 4.79 Å². The van der Waals surface area contributed by atoms with Crippen LogP contribution in [0.2, 0.25) is 0 Å². The van der Waals surface area contributed by atoms with Gasteiger partial charge in [-0.3, -0.25) is 4.79 Å². The zero-order valence-electron chi connectivity index (χ0n) is 10.9. The number of carbonyl (C=O) groups excluding carboxylic acids is 1. The Hall–Kier alpha value is -1.39. The van der Waals surface area contributed by atoms with Crippen molar-refractivity contribution < 1.29 is 4.79 Å².